The average Bonchev–Trinajstić information content (AvgIpc) is 2.21. The van der Waals surface area contributed by atoms with Gasteiger partial charge in [0.1, 0.15) is 0 Å². The van der Waals surface area contributed by atoms with Crippen LogP contribution in [-0.2, 0) is 0 Å². The zero-order valence-electron chi connectivity index (χ0n) is 6.51. The molecule has 0 saturated carbocycles. The molecular weight excluding hydrogens is 148 g/mol. The normalized spacial score (nSPS) is 9.67. The number of rotatable bonds is 1. The monoisotopic (exact) mass is 156 g/mol. The molecule has 1 heterocycles. The molecule has 0 saturated heterocycles. The van der Waals surface area contributed by atoms with Crippen molar-refractivity contribution in [1.82, 2.24) is 10.2 Å². The van der Waals surface area contributed by atoms with Gasteiger partial charge >= 0.3 is 0 Å². The Morgan fingerprint density at radius 3 is 2.25 bits per heavy atom. The van der Waals surface area contributed by atoms with E-state index in [2.05, 4.69) is 22.3 Å². The molecular formula is C10H8N2. The highest BCUT2D eigenvalue weighted by Gasteiger charge is 1.93. The van der Waals surface area contributed by atoms with E-state index < -0.39 is 0 Å². The van der Waals surface area contributed by atoms with Gasteiger partial charge in [0.15, 0.2) is 0 Å². The van der Waals surface area contributed by atoms with Crippen molar-refractivity contribution in [2.24, 2.45) is 0 Å². The van der Waals surface area contributed by atoms with Gasteiger partial charge < -0.3 is 0 Å². The molecule has 0 unspecified atom stereocenters. The van der Waals surface area contributed by atoms with Crippen molar-refractivity contribution < 1.29 is 0 Å². The molecule has 2 heteroatoms. The first-order valence-corrected chi connectivity index (χ1v) is 3.79. The van der Waals surface area contributed by atoms with Gasteiger partial charge in [-0.2, -0.15) is 10.2 Å². The number of nitrogens with zero attached hydrogens (tertiary/aromatic N) is 2. The van der Waals surface area contributed by atoms with E-state index in [9.17, 15) is 0 Å². The summed E-state index contributed by atoms with van der Waals surface area (Å²) in [6, 6.07) is 12.1. The smallest absolute Gasteiger partial charge is 0.0574 e. The minimum Gasteiger partial charge on any atom is -0.159 e. The van der Waals surface area contributed by atoms with Crippen LogP contribution < -0.4 is 0 Å². The Kier molecular flexibility index (Phi) is 1.82. The molecule has 0 radical (unpaired) electrons. The second-order valence-electron chi connectivity index (χ2n) is 2.50. The fourth-order valence-corrected chi connectivity index (χ4v) is 1.09. The molecule has 58 valence electrons. The van der Waals surface area contributed by atoms with E-state index in [0.29, 0.717) is 0 Å². The van der Waals surface area contributed by atoms with Crippen LogP contribution in [0.2, 0.25) is 0 Å². The number of hydrogen-bond acceptors (Lipinski definition) is 2. The van der Waals surface area contributed by atoms with E-state index in [4.69, 9.17) is 0 Å². The van der Waals surface area contributed by atoms with Crippen LogP contribution in [0.3, 0.4) is 0 Å². The summed E-state index contributed by atoms with van der Waals surface area (Å²) in [7, 11) is 0. The largest absolute Gasteiger partial charge is 0.159 e. The Hall–Kier alpha value is -1.70. The zero-order valence-corrected chi connectivity index (χ0v) is 6.51. The summed E-state index contributed by atoms with van der Waals surface area (Å²) in [6.45, 7) is 0. The molecule has 0 fully saturated rings. The van der Waals surface area contributed by atoms with E-state index in [1.54, 1.807) is 12.4 Å². The van der Waals surface area contributed by atoms with E-state index in [1.165, 1.54) is 5.56 Å². The van der Waals surface area contributed by atoms with Crippen LogP contribution in [-0.4, -0.2) is 10.2 Å². The molecule has 1 aromatic heterocycles. The summed E-state index contributed by atoms with van der Waals surface area (Å²) in [5.74, 6) is 0. The molecule has 0 atom stereocenters. The van der Waals surface area contributed by atoms with Crippen molar-refractivity contribution in [3.05, 3.63) is 48.8 Å². The first kappa shape index (κ1) is 6.98. The maximum Gasteiger partial charge on any atom is 0.0574 e. The van der Waals surface area contributed by atoms with Gasteiger partial charge in [-0.15, -0.1) is 0 Å². The molecule has 0 aliphatic heterocycles. The van der Waals surface area contributed by atoms with Crippen molar-refractivity contribution in [1.29, 1.82) is 0 Å². The minimum atomic E-state index is 1.10. The predicted octanol–water partition coefficient (Wildman–Crippen LogP) is 2.14. The number of aromatic nitrogens is 2. The molecule has 0 N–H and O–H groups in total. The Morgan fingerprint density at radius 1 is 0.750 bits per heavy atom. The van der Waals surface area contributed by atoms with Gasteiger partial charge in [-0.3, -0.25) is 0 Å². The standard InChI is InChI=1S/C10H8N2/c1-2-4-9(5-3-1)10-6-7-11-12-8-10/h1-8H. The Morgan fingerprint density at radius 2 is 1.58 bits per heavy atom. The zero-order chi connectivity index (χ0) is 8.23. The summed E-state index contributed by atoms with van der Waals surface area (Å²) in [5, 5.41) is 7.53. The van der Waals surface area contributed by atoms with E-state index >= 15 is 0 Å². The molecule has 2 rings (SSSR count). The molecule has 0 bridgehead atoms. The topological polar surface area (TPSA) is 25.8 Å². The average molecular weight is 156 g/mol. The van der Waals surface area contributed by atoms with Gasteiger partial charge in [0.25, 0.3) is 0 Å². The SMILES string of the molecule is c1ccc(-c2ccnnc2)cc1. The summed E-state index contributed by atoms with van der Waals surface area (Å²) >= 11 is 0. The quantitative estimate of drug-likeness (QED) is 0.632. The van der Waals surface area contributed by atoms with Crippen LogP contribution >= 0.6 is 0 Å². The lowest BCUT2D eigenvalue weighted by atomic mass is 10.1. The molecule has 12 heavy (non-hydrogen) atoms. The third-order valence-corrected chi connectivity index (χ3v) is 1.69. The lowest BCUT2D eigenvalue weighted by molar-refractivity contribution is 1.03. The van der Waals surface area contributed by atoms with Crippen LogP contribution in [0.4, 0.5) is 0 Å². The van der Waals surface area contributed by atoms with Crippen molar-refractivity contribution in [2.45, 2.75) is 0 Å². The second kappa shape index (κ2) is 3.13. The lowest BCUT2D eigenvalue weighted by Crippen LogP contribution is -1.80. The first-order valence-electron chi connectivity index (χ1n) is 3.79. The van der Waals surface area contributed by atoms with Gasteiger partial charge in [-0.05, 0) is 11.6 Å². The Balaban J connectivity index is 2.46. The maximum absolute atomic E-state index is 3.81. The summed E-state index contributed by atoms with van der Waals surface area (Å²) < 4.78 is 0. The summed E-state index contributed by atoms with van der Waals surface area (Å²) in [4.78, 5) is 0. The van der Waals surface area contributed by atoms with E-state index in [0.717, 1.165) is 5.56 Å². The van der Waals surface area contributed by atoms with Crippen molar-refractivity contribution in [3.8, 4) is 11.1 Å². The van der Waals surface area contributed by atoms with Crippen LogP contribution in [0.1, 0.15) is 0 Å². The molecule has 2 nitrogen and oxygen atoms in total. The fraction of sp³-hybridized carbons (Fsp3) is 0. The highest BCUT2D eigenvalue weighted by molar-refractivity contribution is 5.61. The Labute approximate surface area is 70.9 Å². The number of benzene rings is 1. The first-order chi connectivity index (χ1) is 5.97. The summed E-state index contributed by atoms with van der Waals surface area (Å²) in [6.07, 6.45) is 3.46. The molecule has 0 aliphatic carbocycles. The maximum atomic E-state index is 3.81. The molecule has 0 spiro atoms. The molecule has 0 amide bonds. The second-order valence-corrected chi connectivity index (χ2v) is 2.50. The predicted molar refractivity (Wildman–Crippen MR) is 47.5 cm³/mol. The fourth-order valence-electron chi connectivity index (χ4n) is 1.09. The van der Waals surface area contributed by atoms with Gasteiger partial charge in [0.05, 0.1) is 12.4 Å². The third kappa shape index (κ3) is 1.32. The highest BCUT2D eigenvalue weighted by atomic mass is 15.1. The van der Waals surface area contributed by atoms with Gasteiger partial charge in [0, 0.05) is 5.56 Å². The minimum absolute atomic E-state index is 1.10. The third-order valence-electron chi connectivity index (χ3n) is 1.69. The van der Waals surface area contributed by atoms with E-state index in [1.807, 2.05) is 24.3 Å². The van der Waals surface area contributed by atoms with Crippen LogP contribution in [0, 0.1) is 0 Å². The van der Waals surface area contributed by atoms with Crippen LogP contribution in [0.25, 0.3) is 11.1 Å². The highest BCUT2D eigenvalue weighted by Crippen LogP contribution is 2.15. The summed E-state index contributed by atoms with van der Waals surface area (Å²) in [5.41, 5.74) is 2.28. The van der Waals surface area contributed by atoms with Crippen molar-refractivity contribution >= 4 is 0 Å². The molecule has 1 aromatic carbocycles. The van der Waals surface area contributed by atoms with Crippen molar-refractivity contribution in [2.75, 3.05) is 0 Å². The number of hydrogen-bond donors (Lipinski definition) is 0. The van der Waals surface area contributed by atoms with Gasteiger partial charge in [-0.1, -0.05) is 30.3 Å². The Bertz CT molecular complexity index is 305. The van der Waals surface area contributed by atoms with Crippen molar-refractivity contribution in [3.63, 3.8) is 0 Å². The van der Waals surface area contributed by atoms with Gasteiger partial charge in [0.2, 0.25) is 0 Å². The van der Waals surface area contributed by atoms with Crippen LogP contribution in [0.15, 0.2) is 48.8 Å². The van der Waals surface area contributed by atoms with Crippen LogP contribution in [0.5, 0.6) is 0 Å². The van der Waals surface area contributed by atoms with E-state index in [-0.39, 0.29) is 0 Å². The molecule has 2 aromatic rings. The molecule has 0 aliphatic rings. The lowest BCUT2D eigenvalue weighted by Gasteiger charge is -1.97. The van der Waals surface area contributed by atoms with Gasteiger partial charge in [-0.25, -0.2) is 0 Å².